The average molecular weight is 259 g/mol. The summed E-state index contributed by atoms with van der Waals surface area (Å²) in [6.07, 6.45) is 2.36. The normalized spacial score (nSPS) is 18.6. The summed E-state index contributed by atoms with van der Waals surface area (Å²) in [4.78, 5) is 11.1. The third-order valence-electron chi connectivity index (χ3n) is 3.17. The highest BCUT2D eigenvalue weighted by Crippen LogP contribution is 2.31. The standard InChI is InChI=1S/C13H13N3O3/c17-8-11-13(12-2-1-7-19-12)16(15-14-11)9-3-5-10(18)6-4-9/h3-6,8,12,18H,1-2,7H2. The second kappa shape index (κ2) is 4.81. The molecule has 0 spiro atoms. The van der Waals surface area contributed by atoms with Gasteiger partial charge in [-0.05, 0) is 37.1 Å². The number of hydrogen-bond acceptors (Lipinski definition) is 5. The van der Waals surface area contributed by atoms with E-state index in [-0.39, 0.29) is 11.9 Å². The zero-order valence-electron chi connectivity index (χ0n) is 10.2. The van der Waals surface area contributed by atoms with E-state index in [4.69, 9.17) is 4.74 Å². The molecule has 0 amide bonds. The van der Waals surface area contributed by atoms with Crippen LogP contribution in [0.15, 0.2) is 24.3 Å². The van der Waals surface area contributed by atoms with Gasteiger partial charge in [0.05, 0.1) is 5.69 Å². The molecular formula is C13H13N3O3. The van der Waals surface area contributed by atoms with Crippen LogP contribution in [-0.2, 0) is 4.74 Å². The molecular weight excluding hydrogens is 246 g/mol. The number of phenolic OH excluding ortho intramolecular Hbond substituents is 1. The molecule has 1 atom stereocenters. The summed E-state index contributed by atoms with van der Waals surface area (Å²) in [6, 6.07) is 6.57. The Morgan fingerprint density at radius 2 is 2.16 bits per heavy atom. The fraction of sp³-hybridized carbons (Fsp3) is 0.308. The van der Waals surface area contributed by atoms with Gasteiger partial charge in [0.15, 0.2) is 12.0 Å². The average Bonchev–Trinajstić information content (AvgIpc) is 3.07. The molecule has 6 heteroatoms. The van der Waals surface area contributed by atoms with Gasteiger partial charge in [-0.1, -0.05) is 5.21 Å². The molecule has 1 aliphatic rings. The van der Waals surface area contributed by atoms with Crippen molar-refractivity contribution < 1.29 is 14.6 Å². The van der Waals surface area contributed by atoms with E-state index < -0.39 is 0 Å². The van der Waals surface area contributed by atoms with Crippen molar-refractivity contribution in [2.75, 3.05) is 6.61 Å². The van der Waals surface area contributed by atoms with E-state index in [1.54, 1.807) is 28.9 Å². The number of benzene rings is 1. The molecule has 19 heavy (non-hydrogen) atoms. The van der Waals surface area contributed by atoms with Crippen LogP contribution < -0.4 is 0 Å². The van der Waals surface area contributed by atoms with E-state index in [0.29, 0.717) is 24.3 Å². The summed E-state index contributed by atoms with van der Waals surface area (Å²) in [5.74, 6) is 0.179. The topological polar surface area (TPSA) is 77.2 Å². The van der Waals surface area contributed by atoms with Gasteiger partial charge < -0.3 is 9.84 Å². The van der Waals surface area contributed by atoms with Crippen molar-refractivity contribution in [1.29, 1.82) is 0 Å². The van der Waals surface area contributed by atoms with Crippen molar-refractivity contribution >= 4 is 6.29 Å². The lowest BCUT2D eigenvalue weighted by molar-refractivity contribution is 0.102. The molecule has 1 unspecified atom stereocenters. The maximum atomic E-state index is 11.1. The van der Waals surface area contributed by atoms with Crippen LogP contribution in [0.5, 0.6) is 5.75 Å². The first-order valence-electron chi connectivity index (χ1n) is 6.11. The zero-order valence-corrected chi connectivity index (χ0v) is 10.2. The smallest absolute Gasteiger partial charge is 0.172 e. The first-order chi connectivity index (χ1) is 9.29. The van der Waals surface area contributed by atoms with Gasteiger partial charge in [-0.15, -0.1) is 5.10 Å². The van der Waals surface area contributed by atoms with E-state index >= 15 is 0 Å². The lowest BCUT2D eigenvalue weighted by Crippen LogP contribution is -2.08. The number of aromatic hydroxyl groups is 1. The molecule has 1 N–H and O–H groups in total. The fourth-order valence-electron chi connectivity index (χ4n) is 2.26. The number of ether oxygens (including phenoxy) is 1. The lowest BCUT2D eigenvalue weighted by atomic mass is 10.1. The predicted octanol–water partition coefficient (Wildman–Crippen LogP) is 1.64. The Hall–Kier alpha value is -2.21. The van der Waals surface area contributed by atoms with Crippen molar-refractivity contribution in [1.82, 2.24) is 15.0 Å². The van der Waals surface area contributed by atoms with Crippen molar-refractivity contribution in [3.8, 4) is 11.4 Å². The first-order valence-corrected chi connectivity index (χ1v) is 6.11. The zero-order chi connectivity index (χ0) is 13.2. The molecule has 1 aliphatic heterocycles. The number of rotatable bonds is 3. The highest BCUT2D eigenvalue weighted by molar-refractivity contribution is 5.73. The minimum absolute atomic E-state index is 0.149. The molecule has 1 aromatic heterocycles. The maximum Gasteiger partial charge on any atom is 0.172 e. The van der Waals surface area contributed by atoms with Crippen molar-refractivity contribution in [3.63, 3.8) is 0 Å². The molecule has 0 bridgehead atoms. The van der Waals surface area contributed by atoms with Crippen LogP contribution in [-0.4, -0.2) is 33.0 Å². The van der Waals surface area contributed by atoms with Gasteiger partial charge in [-0.25, -0.2) is 4.68 Å². The largest absolute Gasteiger partial charge is 0.508 e. The van der Waals surface area contributed by atoms with Gasteiger partial charge in [0.25, 0.3) is 0 Å². The van der Waals surface area contributed by atoms with Crippen LogP contribution in [0.2, 0.25) is 0 Å². The van der Waals surface area contributed by atoms with E-state index in [1.165, 1.54) is 0 Å². The van der Waals surface area contributed by atoms with Gasteiger partial charge in [0.2, 0.25) is 0 Å². The Labute approximate surface area is 109 Å². The molecule has 3 rings (SSSR count). The van der Waals surface area contributed by atoms with Crippen LogP contribution >= 0.6 is 0 Å². The van der Waals surface area contributed by atoms with E-state index in [9.17, 15) is 9.90 Å². The molecule has 1 fully saturated rings. The number of carbonyl (C=O) groups excluding carboxylic acids is 1. The number of aldehydes is 1. The first kappa shape index (κ1) is 11.9. The number of hydrogen-bond donors (Lipinski definition) is 1. The predicted molar refractivity (Wildman–Crippen MR) is 66.3 cm³/mol. The Balaban J connectivity index is 2.07. The Kier molecular flexibility index (Phi) is 3.00. The van der Waals surface area contributed by atoms with E-state index in [1.807, 2.05) is 0 Å². The fourth-order valence-corrected chi connectivity index (χ4v) is 2.26. The van der Waals surface area contributed by atoms with Gasteiger partial charge in [-0.3, -0.25) is 4.79 Å². The monoisotopic (exact) mass is 259 g/mol. The van der Waals surface area contributed by atoms with Gasteiger partial charge in [0.1, 0.15) is 17.5 Å². The second-order valence-corrected chi connectivity index (χ2v) is 4.41. The molecule has 0 radical (unpaired) electrons. The van der Waals surface area contributed by atoms with E-state index in [0.717, 1.165) is 18.5 Å². The van der Waals surface area contributed by atoms with Gasteiger partial charge >= 0.3 is 0 Å². The van der Waals surface area contributed by atoms with Gasteiger partial charge in [-0.2, -0.15) is 0 Å². The highest BCUT2D eigenvalue weighted by atomic mass is 16.5. The summed E-state index contributed by atoms with van der Waals surface area (Å²) in [6.45, 7) is 0.684. The summed E-state index contributed by atoms with van der Waals surface area (Å²) in [7, 11) is 0. The Bertz CT molecular complexity index is 586. The Morgan fingerprint density at radius 3 is 2.79 bits per heavy atom. The van der Waals surface area contributed by atoms with E-state index in [2.05, 4.69) is 10.3 Å². The van der Waals surface area contributed by atoms with Crippen LogP contribution in [0.25, 0.3) is 5.69 Å². The maximum absolute atomic E-state index is 11.1. The van der Waals surface area contributed by atoms with Crippen molar-refractivity contribution in [2.45, 2.75) is 18.9 Å². The van der Waals surface area contributed by atoms with Crippen molar-refractivity contribution in [3.05, 3.63) is 35.7 Å². The summed E-state index contributed by atoms with van der Waals surface area (Å²) >= 11 is 0. The van der Waals surface area contributed by atoms with Crippen LogP contribution in [0.1, 0.15) is 35.1 Å². The molecule has 1 aromatic carbocycles. The van der Waals surface area contributed by atoms with Crippen LogP contribution in [0.4, 0.5) is 0 Å². The van der Waals surface area contributed by atoms with Crippen LogP contribution in [0, 0.1) is 0 Å². The molecule has 0 saturated carbocycles. The molecule has 1 saturated heterocycles. The summed E-state index contributed by atoms with van der Waals surface area (Å²) < 4.78 is 7.21. The van der Waals surface area contributed by atoms with Crippen LogP contribution in [0.3, 0.4) is 0 Å². The second-order valence-electron chi connectivity index (χ2n) is 4.41. The summed E-state index contributed by atoms with van der Waals surface area (Å²) in [5, 5.41) is 17.2. The SMILES string of the molecule is O=Cc1nnn(-c2ccc(O)cc2)c1C1CCCO1. The number of aromatic nitrogens is 3. The molecule has 2 heterocycles. The molecule has 0 aliphatic carbocycles. The highest BCUT2D eigenvalue weighted by Gasteiger charge is 2.26. The quantitative estimate of drug-likeness (QED) is 0.848. The Morgan fingerprint density at radius 1 is 1.37 bits per heavy atom. The lowest BCUT2D eigenvalue weighted by Gasteiger charge is -2.12. The number of nitrogens with zero attached hydrogens (tertiary/aromatic N) is 3. The molecule has 98 valence electrons. The minimum Gasteiger partial charge on any atom is -0.508 e. The number of carbonyl (C=O) groups is 1. The third kappa shape index (κ3) is 2.10. The third-order valence-corrected chi connectivity index (χ3v) is 3.17. The summed E-state index contributed by atoms with van der Waals surface area (Å²) in [5.41, 5.74) is 1.72. The molecule has 2 aromatic rings. The molecule has 6 nitrogen and oxygen atoms in total. The van der Waals surface area contributed by atoms with Gasteiger partial charge in [0, 0.05) is 6.61 Å². The minimum atomic E-state index is -0.149. The van der Waals surface area contributed by atoms with Crippen molar-refractivity contribution in [2.24, 2.45) is 0 Å². The number of phenols is 1.